The van der Waals surface area contributed by atoms with Gasteiger partial charge in [0.15, 0.2) is 0 Å². The van der Waals surface area contributed by atoms with Gasteiger partial charge in [0.1, 0.15) is 6.10 Å². The van der Waals surface area contributed by atoms with Crippen LogP contribution in [0, 0.1) is 23.7 Å². The van der Waals surface area contributed by atoms with Crippen molar-refractivity contribution in [3.63, 3.8) is 0 Å². The lowest BCUT2D eigenvalue weighted by atomic mass is 9.70. The van der Waals surface area contributed by atoms with Crippen LogP contribution >= 0.6 is 0 Å². The summed E-state index contributed by atoms with van der Waals surface area (Å²) in [7, 11) is 0. The molecule has 4 fully saturated rings. The highest BCUT2D eigenvalue weighted by Gasteiger charge is 2.39. The molecule has 0 amide bonds. The van der Waals surface area contributed by atoms with E-state index in [1.165, 1.54) is 89.9 Å². The van der Waals surface area contributed by atoms with Crippen LogP contribution in [0.2, 0.25) is 0 Å². The summed E-state index contributed by atoms with van der Waals surface area (Å²) in [6.07, 6.45) is 21.9. The molecule has 4 aliphatic rings. The number of carbonyl (C=O) groups is 1. The van der Waals surface area contributed by atoms with Crippen LogP contribution in [-0.4, -0.2) is 35.1 Å². The first-order valence-electron chi connectivity index (χ1n) is 14.5. The maximum absolute atomic E-state index is 12.0. The third-order valence-electron chi connectivity index (χ3n) is 9.98. The topological polar surface area (TPSA) is 29.5 Å². The van der Waals surface area contributed by atoms with Crippen LogP contribution in [0.4, 0.5) is 0 Å². The number of ether oxygens (including phenoxy) is 1. The Hall–Kier alpha value is -0.830. The minimum absolute atomic E-state index is 0.100. The van der Waals surface area contributed by atoms with E-state index in [1.807, 2.05) is 0 Å². The van der Waals surface area contributed by atoms with Gasteiger partial charge in [-0.05, 0) is 120 Å². The lowest BCUT2D eigenvalue weighted by molar-refractivity contribution is -0.146. The molecule has 0 unspecified atom stereocenters. The van der Waals surface area contributed by atoms with Crippen LogP contribution in [0.1, 0.15) is 124 Å². The zero-order valence-corrected chi connectivity index (χ0v) is 21.9. The molecule has 0 aromatic rings. The molecule has 3 heteroatoms. The minimum Gasteiger partial charge on any atom is -0.459 e. The van der Waals surface area contributed by atoms with E-state index in [9.17, 15) is 4.79 Å². The van der Waals surface area contributed by atoms with Gasteiger partial charge in [0.2, 0.25) is 0 Å². The highest BCUT2D eigenvalue weighted by molar-refractivity contribution is 5.87. The maximum atomic E-state index is 12.0. The van der Waals surface area contributed by atoms with Crippen molar-refractivity contribution in [1.82, 2.24) is 4.90 Å². The Morgan fingerprint density at radius 1 is 0.636 bits per heavy atom. The van der Waals surface area contributed by atoms with Crippen LogP contribution in [0.5, 0.6) is 0 Å². The predicted molar refractivity (Wildman–Crippen MR) is 137 cm³/mol. The Morgan fingerprint density at radius 3 is 1.45 bits per heavy atom. The molecule has 0 bridgehead atoms. The molecule has 0 aromatic carbocycles. The van der Waals surface area contributed by atoms with E-state index >= 15 is 0 Å². The third kappa shape index (κ3) is 6.65. The van der Waals surface area contributed by atoms with Gasteiger partial charge in [0.05, 0.1) is 0 Å². The standard InChI is InChI=1S/C30H51NO2/c1-21(2)30(32)33-29-19-17-28(18-20-29)31(26-13-7-23(4)8-14-26)27-15-11-25(12-16-27)24-9-5-22(3)6-10-24/h22-29H,1,5-20H2,2-4H3. The predicted octanol–water partition coefficient (Wildman–Crippen LogP) is 7.68. The normalized spacial score (nSPS) is 40.4. The van der Waals surface area contributed by atoms with E-state index in [0.717, 1.165) is 48.6 Å². The number of hydrogen-bond acceptors (Lipinski definition) is 3. The molecule has 3 nitrogen and oxygen atoms in total. The van der Waals surface area contributed by atoms with Crippen molar-refractivity contribution in [2.24, 2.45) is 23.7 Å². The fraction of sp³-hybridized carbons (Fsp3) is 0.900. The first-order valence-corrected chi connectivity index (χ1v) is 14.5. The number of rotatable bonds is 6. The average molecular weight is 458 g/mol. The lowest BCUT2D eigenvalue weighted by Crippen LogP contribution is -2.53. The summed E-state index contributed by atoms with van der Waals surface area (Å²) in [6, 6.07) is 2.28. The summed E-state index contributed by atoms with van der Waals surface area (Å²) < 4.78 is 5.72. The zero-order valence-electron chi connectivity index (χ0n) is 21.9. The first-order chi connectivity index (χ1) is 15.9. The molecular weight excluding hydrogens is 406 g/mol. The molecule has 4 rings (SSSR count). The molecule has 0 saturated heterocycles. The Kier molecular flexibility index (Phi) is 8.99. The van der Waals surface area contributed by atoms with Gasteiger partial charge >= 0.3 is 5.97 Å². The van der Waals surface area contributed by atoms with Gasteiger partial charge in [-0.25, -0.2) is 4.79 Å². The van der Waals surface area contributed by atoms with Gasteiger partial charge in [-0.15, -0.1) is 0 Å². The molecule has 4 aliphatic carbocycles. The van der Waals surface area contributed by atoms with Crippen molar-refractivity contribution in [3.8, 4) is 0 Å². The third-order valence-corrected chi connectivity index (χ3v) is 9.98. The number of carbonyl (C=O) groups excluding carboxylic acids is 1. The molecule has 0 N–H and O–H groups in total. The largest absolute Gasteiger partial charge is 0.459 e. The summed E-state index contributed by atoms with van der Waals surface area (Å²) in [5.41, 5.74) is 0.527. The van der Waals surface area contributed by atoms with Crippen molar-refractivity contribution in [1.29, 1.82) is 0 Å². The summed E-state index contributed by atoms with van der Waals surface area (Å²) in [4.78, 5) is 15.0. The fourth-order valence-corrected chi connectivity index (χ4v) is 7.78. The van der Waals surface area contributed by atoms with E-state index < -0.39 is 0 Å². The van der Waals surface area contributed by atoms with Crippen molar-refractivity contribution < 1.29 is 9.53 Å². The van der Waals surface area contributed by atoms with Crippen LogP contribution in [-0.2, 0) is 9.53 Å². The summed E-state index contributed by atoms with van der Waals surface area (Å²) in [5, 5.41) is 0. The minimum atomic E-state index is -0.202. The number of nitrogens with zero attached hydrogens (tertiary/aromatic N) is 1. The molecule has 0 atom stereocenters. The number of hydrogen-bond donors (Lipinski definition) is 0. The van der Waals surface area contributed by atoms with Gasteiger partial charge in [-0.1, -0.05) is 33.3 Å². The fourth-order valence-electron chi connectivity index (χ4n) is 7.78. The van der Waals surface area contributed by atoms with Crippen molar-refractivity contribution in [2.45, 2.75) is 148 Å². The second kappa shape index (κ2) is 11.7. The van der Waals surface area contributed by atoms with Gasteiger partial charge < -0.3 is 4.74 Å². The molecule has 0 aliphatic heterocycles. The summed E-state index contributed by atoms with van der Waals surface area (Å²) in [6.45, 7) is 10.4. The Morgan fingerprint density at radius 2 is 1.00 bits per heavy atom. The SMILES string of the molecule is C=C(C)C(=O)OC1CCC(N(C2CCC(C)CC2)C2CCC(C3CCC(C)CC3)CC2)CC1. The molecule has 0 radical (unpaired) electrons. The second-order valence-corrected chi connectivity index (χ2v) is 12.6. The first kappa shape index (κ1) is 25.3. The Balaban J connectivity index is 1.35. The van der Waals surface area contributed by atoms with Crippen molar-refractivity contribution in [2.75, 3.05) is 0 Å². The van der Waals surface area contributed by atoms with E-state index in [0.29, 0.717) is 11.6 Å². The van der Waals surface area contributed by atoms with E-state index in [4.69, 9.17) is 4.74 Å². The van der Waals surface area contributed by atoms with Crippen LogP contribution in [0.25, 0.3) is 0 Å². The van der Waals surface area contributed by atoms with Crippen molar-refractivity contribution in [3.05, 3.63) is 12.2 Å². The summed E-state index contributed by atoms with van der Waals surface area (Å²) >= 11 is 0. The molecule has 188 valence electrons. The number of esters is 1. The monoisotopic (exact) mass is 457 g/mol. The van der Waals surface area contributed by atoms with Gasteiger partial charge in [0, 0.05) is 23.7 Å². The zero-order chi connectivity index (χ0) is 23.4. The molecule has 0 heterocycles. The van der Waals surface area contributed by atoms with Crippen LogP contribution in [0.3, 0.4) is 0 Å². The Labute approximate surface area is 204 Å². The molecule has 33 heavy (non-hydrogen) atoms. The Bertz CT molecular complexity index is 628. The van der Waals surface area contributed by atoms with Crippen LogP contribution in [0.15, 0.2) is 12.2 Å². The second-order valence-electron chi connectivity index (χ2n) is 12.6. The van der Waals surface area contributed by atoms with Gasteiger partial charge in [-0.3, -0.25) is 4.90 Å². The molecule has 0 spiro atoms. The summed E-state index contributed by atoms with van der Waals surface area (Å²) in [5.74, 6) is 3.69. The maximum Gasteiger partial charge on any atom is 0.333 e. The molecular formula is C30H51NO2. The average Bonchev–Trinajstić information content (AvgIpc) is 2.82. The van der Waals surface area contributed by atoms with E-state index in [-0.39, 0.29) is 12.1 Å². The van der Waals surface area contributed by atoms with E-state index in [1.54, 1.807) is 6.92 Å². The molecule has 4 saturated carbocycles. The van der Waals surface area contributed by atoms with Crippen molar-refractivity contribution >= 4 is 5.97 Å². The lowest BCUT2D eigenvalue weighted by Gasteiger charge is -2.50. The van der Waals surface area contributed by atoms with Gasteiger partial charge in [0.25, 0.3) is 0 Å². The van der Waals surface area contributed by atoms with Gasteiger partial charge in [-0.2, -0.15) is 0 Å². The highest BCUT2D eigenvalue weighted by Crippen LogP contribution is 2.43. The molecule has 0 aromatic heterocycles. The smallest absolute Gasteiger partial charge is 0.333 e. The van der Waals surface area contributed by atoms with Crippen LogP contribution < -0.4 is 0 Å². The highest BCUT2D eigenvalue weighted by atomic mass is 16.5. The quantitative estimate of drug-likeness (QED) is 0.302. The van der Waals surface area contributed by atoms with E-state index in [2.05, 4.69) is 25.3 Å².